The number of fused-ring (bicyclic) bond motifs is 2. The van der Waals surface area contributed by atoms with Crippen LogP contribution in [0.1, 0.15) is 18.4 Å². The molecular formula is C24H19F2N5O2. The number of hydrogen-bond donors (Lipinski definition) is 1. The average Bonchev–Trinajstić information content (AvgIpc) is 3.37. The minimum absolute atomic E-state index is 0.284. The Morgan fingerprint density at radius 3 is 2.64 bits per heavy atom. The van der Waals surface area contributed by atoms with E-state index in [0.29, 0.717) is 34.0 Å². The second kappa shape index (κ2) is 6.99. The van der Waals surface area contributed by atoms with Gasteiger partial charge < -0.3 is 9.84 Å². The van der Waals surface area contributed by atoms with Crippen molar-refractivity contribution in [3.63, 3.8) is 0 Å². The first-order valence-electron chi connectivity index (χ1n) is 10.6. The van der Waals surface area contributed by atoms with Crippen molar-refractivity contribution in [1.82, 2.24) is 19.5 Å². The lowest BCUT2D eigenvalue weighted by atomic mass is 9.98. The summed E-state index contributed by atoms with van der Waals surface area (Å²) < 4.78 is 37.0. The number of para-hydroxylation sites is 1. The first-order chi connectivity index (χ1) is 15.9. The Kier molecular flexibility index (Phi) is 4.17. The molecule has 166 valence electrons. The molecule has 3 aromatic heterocycles. The standard InChI is InChI=1S/C24H19F2N5O2/c1-12-6-9-15-21(33-29-22(15)28-14-7-8-14)19(12)16-10-13-11-27-31(23(13)30(2)24(16)32)20-17(25)4-3-5-18(20)26/h3-6,9-11,14H,7-8H2,1-2H3,(H,28,29). The van der Waals surface area contributed by atoms with Gasteiger partial charge in [-0.2, -0.15) is 5.10 Å². The van der Waals surface area contributed by atoms with E-state index in [1.165, 1.54) is 16.8 Å². The van der Waals surface area contributed by atoms with Gasteiger partial charge in [-0.05, 0) is 49.6 Å². The van der Waals surface area contributed by atoms with Crippen molar-refractivity contribution < 1.29 is 13.3 Å². The number of pyridine rings is 1. The SMILES string of the molecule is Cc1ccc2c(NC3CC3)noc2c1-c1cc2cnn(-c3c(F)cccc3F)c2n(C)c1=O. The van der Waals surface area contributed by atoms with Crippen molar-refractivity contribution in [2.75, 3.05) is 5.32 Å². The third-order valence-electron chi connectivity index (χ3n) is 6.11. The van der Waals surface area contributed by atoms with E-state index in [-0.39, 0.29) is 16.9 Å². The molecular weight excluding hydrogens is 428 g/mol. The number of nitrogens with zero attached hydrogens (tertiary/aromatic N) is 4. The van der Waals surface area contributed by atoms with Crippen LogP contribution in [0.5, 0.6) is 0 Å². The fourth-order valence-corrected chi connectivity index (χ4v) is 4.28. The first kappa shape index (κ1) is 19.7. The molecule has 0 bridgehead atoms. The Bertz CT molecular complexity index is 1610. The maximum absolute atomic E-state index is 14.4. The molecule has 0 spiro atoms. The molecule has 5 aromatic rings. The predicted octanol–water partition coefficient (Wildman–Crippen LogP) is 4.69. The summed E-state index contributed by atoms with van der Waals surface area (Å²) in [7, 11) is 1.56. The topological polar surface area (TPSA) is 77.9 Å². The number of nitrogens with one attached hydrogen (secondary N) is 1. The molecule has 0 radical (unpaired) electrons. The van der Waals surface area contributed by atoms with Gasteiger partial charge in [0, 0.05) is 24.0 Å². The fourth-order valence-electron chi connectivity index (χ4n) is 4.28. The van der Waals surface area contributed by atoms with E-state index in [0.717, 1.165) is 40.6 Å². The number of rotatable bonds is 4. The van der Waals surface area contributed by atoms with Gasteiger partial charge in [-0.3, -0.25) is 9.36 Å². The minimum atomic E-state index is -0.769. The molecule has 1 aliphatic rings. The van der Waals surface area contributed by atoms with E-state index in [1.54, 1.807) is 13.1 Å². The van der Waals surface area contributed by atoms with Crippen LogP contribution in [-0.2, 0) is 7.05 Å². The van der Waals surface area contributed by atoms with Crippen LogP contribution < -0.4 is 10.9 Å². The van der Waals surface area contributed by atoms with Crippen molar-refractivity contribution in [3.05, 3.63) is 70.1 Å². The number of hydrogen-bond acceptors (Lipinski definition) is 5. The summed E-state index contributed by atoms with van der Waals surface area (Å²) in [5, 5.41) is 13.1. The number of aromatic nitrogens is 4. The third-order valence-corrected chi connectivity index (χ3v) is 6.11. The van der Waals surface area contributed by atoms with Gasteiger partial charge in [0.2, 0.25) is 0 Å². The van der Waals surface area contributed by atoms with Crippen molar-refractivity contribution >= 4 is 27.8 Å². The molecule has 33 heavy (non-hydrogen) atoms. The molecule has 0 unspecified atom stereocenters. The summed E-state index contributed by atoms with van der Waals surface area (Å²) in [4.78, 5) is 13.5. The highest BCUT2D eigenvalue weighted by molar-refractivity contribution is 6.00. The largest absolute Gasteiger partial charge is 0.364 e. The molecule has 1 aliphatic carbocycles. The highest BCUT2D eigenvalue weighted by Gasteiger charge is 2.26. The van der Waals surface area contributed by atoms with Crippen molar-refractivity contribution in [1.29, 1.82) is 0 Å². The molecule has 1 fully saturated rings. The summed E-state index contributed by atoms with van der Waals surface area (Å²) in [5.41, 5.74) is 2.00. The highest BCUT2D eigenvalue weighted by atomic mass is 19.1. The van der Waals surface area contributed by atoms with Gasteiger partial charge in [-0.25, -0.2) is 13.5 Å². The summed E-state index contributed by atoms with van der Waals surface area (Å²) in [5.74, 6) is -0.876. The van der Waals surface area contributed by atoms with E-state index >= 15 is 0 Å². The molecule has 0 amide bonds. The smallest absolute Gasteiger partial charge is 0.259 e. The zero-order chi connectivity index (χ0) is 22.9. The van der Waals surface area contributed by atoms with E-state index < -0.39 is 11.6 Å². The van der Waals surface area contributed by atoms with Crippen LogP contribution in [-0.4, -0.2) is 25.5 Å². The number of aryl methyl sites for hydroxylation is 2. The molecule has 9 heteroatoms. The Hall–Kier alpha value is -4.01. The second-order valence-corrected chi connectivity index (χ2v) is 8.41. The molecule has 2 aromatic carbocycles. The molecule has 7 nitrogen and oxygen atoms in total. The Balaban J connectivity index is 1.59. The monoisotopic (exact) mass is 447 g/mol. The number of benzene rings is 2. The van der Waals surface area contributed by atoms with E-state index in [2.05, 4.69) is 15.6 Å². The van der Waals surface area contributed by atoms with E-state index in [4.69, 9.17) is 4.52 Å². The summed E-state index contributed by atoms with van der Waals surface area (Å²) in [6, 6.07) is 9.52. The molecule has 0 aliphatic heterocycles. The molecule has 0 saturated heterocycles. The van der Waals surface area contributed by atoms with Crippen LogP contribution >= 0.6 is 0 Å². The van der Waals surface area contributed by atoms with Gasteiger partial charge in [0.1, 0.15) is 11.3 Å². The van der Waals surface area contributed by atoms with Crippen LogP contribution in [0.15, 0.2) is 51.9 Å². The Morgan fingerprint density at radius 2 is 1.91 bits per heavy atom. The van der Waals surface area contributed by atoms with Gasteiger partial charge in [0.15, 0.2) is 23.0 Å². The number of anilines is 1. The predicted molar refractivity (Wildman–Crippen MR) is 121 cm³/mol. The lowest BCUT2D eigenvalue weighted by molar-refractivity contribution is 0.460. The highest BCUT2D eigenvalue weighted by Crippen LogP contribution is 2.36. The maximum atomic E-state index is 14.4. The van der Waals surface area contributed by atoms with Crippen LogP contribution in [0.3, 0.4) is 0 Å². The van der Waals surface area contributed by atoms with Crippen LogP contribution in [0.2, 0.25) is 0 Å². The van der Waals surface area contributed by atoms with Crippen molar-refractivity contribution in [2.24, 2.45) is 7.05 Å². The van der Waals surface area contributed by atoms with Gasteiger partial charge in [-0.15, -0.1) is 0 Å². The maximum Gasteiger partial charge on any atom is 0.259 e. The molecule has 3 heterocycles. The van der Waals surface area contributed by atoms with Gasteiger partial charge in [-0.1, -0.05) is 17.3 Å². The second-order valence-electron chi connectivity index (χ2n) is 8.41. The van der Waals surface area contributed by atoms with Crippen LogP contribution in [0.4, 0.5) is 14.6 Å². The first-order valence-corrected chi connectivity index (χ1v) is 10.6. The van der Waals surface area contributed by atoms with E-state index in [1.807, 2.05) is 19.1 Å². The average molecular weight is 447 g/mol. The van der Waals surface area contributed by atoms with E-state index in [9.17, 15) is 13.6 Å². The zero-order valence-corrected chi connectivity index (χ0v) is 17.9. The third kappa shape index (κ3) is 2.95. The molecule has 1 N–H and O–H groups in total. The summed E-state index contributed by atoms with van der Waals surface area (Å²) in [6.07, 6.45) is 3.67. The lowest BCUT2D eigenvalue weighted by Crippen LogP contribution is -2.21. The van der Waals surface area contributed by atoms with Crippen LogP contribution in [0.25, 0.3) is 38.8 Å². The summed E-state index contributed by atoms with van der Waals surface area (Å²) in [6.45, 7) is 1.90. The quantitative estimate of drug-likeness (QED) is 0.432. The van der Waals surface area contributed by atoms with Gasteiger partial charge in [0.05, 0.1) is 17.1 Å². The Morgan fingerprint density at radius 1 is 1.15 bits per heavy atom. The minimum Gasteiger partial charge on any atom is -0.364 e. The molecule has 1 saturated carbocycles. The zero-order valence-electron chi connectivity index (χ0n) is 17.9. The summed E-state index contributed by atoms with van der Waals surface area (Å²) >= 11 is 0. The van der Waals surface area contributed by atoms with Crippen molar-refractivity contribution in [2.45, 2.75) is 25.8 Å². The lowest BCUT2D eigenvalue weighted by Gasteiger charge is -2.12. The fraction of sp³-hybridized carbons (Fsp3) is 0.208. The normalized spacial score (nSPS) is 13.8. The Labute approximate surface area is 186 Å². The molecule has 0 atom stereocenters. The van der Waals surface area contributed by atoms with Gasteiger partial charge >= 0.3 is 0 Å². The van der Waals surface area contributed by atoms with Crippen LogP contribution in [0, 0.1) is 18.6 Å². The molecule has 6 rings (SSSR count). The van der Waals surface area contributed by atoms with Crippen molar-refractivity contribution in [3.8, 4) is 16.8 Å². The van der Waals surface area contributed by atoms with Gasteiger partial charge in [0.25, 0.3) is 5.56 Å². The number of halogens is 2.